The van der Waals surface area contributed by atoms with Gasteiger partial charge in [-0.15, -0.1) is 0 Å². The standard InChI is InChI=1S/C8H10ClN3O2S/c9-7-5-10-6-8(11-7)12-1-3-15(13,14)4-2-12/h5-6H,1-4H2. The zero-order chi connectivity index (χ0) is 10.9. The lowest BCUT2D eigenvalue weighted by molar-refractivity contribution is 0.586. The van der Waals surface area contributed by atoms with Crippen LogP contribution >= 0.6 is 11.6 Å². The maximum Gasteiger partial charge on any atom is 0.153 e. The Labute approximate surface area is 93.0 Å². The van der Waals surface area contributed by atoms with E-state index in [4.69, 9.17) is 11.6 Å². The minimum Gasteiger partial charge on any atom is -0.353 e. The molecule has 0 radical (unpaired) electrons. The van der Waals surface area contributed by atoms with E-state index in [0.29, 0.717) is 24.1 Å². The average Bonchev–Trinajstić information content (AvgIpc) is 2.17. The Kier molecular flexibility index (Phi) is 2.79. The summed E-state index contributed by atoms with van der Waals surface area (Å²) in [5.41, 5.74) is 0. The molecule has 1 aromatic heterocycles. The Bertz CT molecular complexity index is 449. The Morgan fingerprint density at radius 3 is 2.53 bits per heavy atom. The molecule has 5 nitrogen and oxygen atoms in total. The predicted molar refractivity (Wildman–Crippen MR) is 57.9 cm³/mol. The van der Waals surface area contributed by atoms with Gasteiger partial charge in [-0.3, -0.25) is 4.98 Å². The van der Waals surface area contributed by atoms with Gasteiger partial charge in [0.1, 0.15) is 11.0 Å². The van der Waals surface area contributed by atoms with Gasteiger partial charge in [0.15, 0.2) is 9.84 Å². The van der Waals surface area contributed by atoms with E-state index in [1.54, 1.807) is 6.20 Å². The summed E-state index contributed by atoms with van der Waals surface area (Å²) in [5.74, 6) is 0.972. The fourth-order valence-corrected chi connectivity index (χ4v) is 2.77. The van der Waals surface area contributed by atoms with E-state index in [-0.39, 0.29) is 11.5 Å². The SMILES string of the molecule is O=S1(=O)CCN(c2cncc(Cl)n2)CC1. The molecule has 0 saturated carbocycles. The zero-order valence-corrected chi connectivity index (χ0v) is 9.50. The smallest absolute Gasteiger partial charge is 0.153 e. The molecule has 82 valence electrons. The predicted octanol–water partition coefficient (Wildman–Crippen LogP) is 0.365. The highest BCUT2D eigenvalue weighted by molar-refractivity contribution is 7.91. The molecule has 0 unspecified atom stereocenters. The van der Waals surface area contributed by atoms with Crippen molar-refractivity contribution >= 4 is 27.3 Å². The van der Waals surface area contributed by atoms with Gasteiger partial charge in [0.2, 0.25) is 0 Å². The molecule has 0 atom stereocenters. The van der Waals surface area contributed by atoms with Crippen LogP contribution in [0.4, 0.5) is 5.82 Å². The minimum absolute atomic E-state index is 0.168. The largest absolute Gasteiger partial charge is 0.353 e. The van der Waals surface area contributed by atoms with Crippen LogP contribution in [0.5, 0.6) is 0 Å². The van der Waals surface area contributed by atoms with Crippen molar-refractivity contribution in [1.82, 2.24) is 9.97 Å². The van der Waals surface area contributed by atoms with Crippen LogP contribution < -0.4 is 4.90 Å². The van der Waals surface area contributed by atoms with E-state index in [1.165, 1.54) is 6.20 Å². The lowest BCUT2D eigenvalue weighted by Crippen LogP contribution is -2.40. The van der Waals surface area contributed by atoms with Crippen molar-refractivity contribution in [2.75, 3.05) is 29.5 Å². The first kappa shape index (κ1) is 10.6. The lowest BCUT2D eigenvalue weighted by atomic mass is 10.5. The molecular formula is C8H10ClN3O2S. The fourth-order valence-electron chi connectivity index (χ4n) is 1.43. The Morgan fingerprint density at radius 2 is 1.93 bits per heavy atom. The van der Waals surface area contributed by atoms with Crippen LogP contribution in [0.3, 0.4) is 0 Å². The van der Waals surface area contributed by atoms with Crippen molar-refractivity contribution in [2.45, 2.75) is 0 Å². The summed E-state index contributed by atoms with van der Waals surface area (Å²) >= 11 is 5.70. The Balaban J connectivity index is 2.14. The van der Waals surface area contributed by atoms with Crippen molar-refractivity contribution in [3.8, 4) is 0 Å². The van der Waals surface area contributed by atoms with Gasteiger partial charge in [-0.25, -0.2) is 13.4 Å². The van der Waals surface area contributed by atoms with Crippen LogP contribution in [0.25, 0.3) is 0 Å². The Morgan fingerprint density at radius 1 is 1.27 bits per heavy atom. The maximum atomic E-state index is 11.2. The zero-order valence-electron chi connectivity index (χ0n) is 7.93. The third kappa shape index (κ3) is 2.57. The number of halogens is 1. The molecule has 0 aliphatic carbocycles. The van der Waals surface area contributed by atoms with Gasteiger partial charge in [0.05, 0.1) is 23.9 Å². The highest BCUT2D eigenvalue weighted by Crippen LogP contribution is 2.15. The van der Waals surface area contributed by atoms with Gasteiger partial charge in [0, 0.05) is 13.1 Å². The van der Waals surface area contributed by atoms with Crippen LogP contribution in [-0.2, 0) is 9.84 Å². The topological polar surface area (TPSA) is 63.2 Å². The van der Waals surface area contributed by atoms with Crippen molar-refractivity contribution < 1.29 is 8.42 Å². The van der Waals surface area contributed by atoms with Crippen LogP contribution in [0.15, 0.2) is 12.4 Å². The van der Waals surface area contributed by atoms with E-state index < -0.39 is 9.84 Å². The summed E-state index contributed by atoms with van der Waals surface area (Å²) in [5, 5.41) is 0.320. The van der Waals surface area contributed by atoms with Crippen molar-refractivity contribution in [3.05, 3.63) is 17.5 Å². The molecule has 0 bridgehead atoms. The summed E-state index contributed by atoms with van der Waals surface area (Å²) in [6.07, 6.45) is 3.04. The molecule has 7 heteroatoms. The molecule has 15 heavy (non-hydrogen) atoms. The van der Waals surface area contributed by atoms with Crippen LogP contribution in [0, 0.1) is 0 Å². The number of nitrogens with zero attached hydrogens (tertiary/aromatic N) is 3. The van der Waals surface area contributed by atoms with E-state index >= 15 is 0 Å². The number of sulfone groups is 1. The molecule has 1 aromatic rings. The third-order valence-corrected chi connectivity index (χ3v) is 4.05. The lowest BCUT2D eigenvalue weighted by Gasteiger charge is -2.27. The van der Waals surface area contributed by atoms with E-state index in [9.17, 15) is 8.42 Å². The van der Waals surface area contributed by atoms with Gasteiger partial charge >= 0.3 is 0 Å². The quantitative estimate of drug-likeness (QED) is 0.717. The molecule has 2 heterocycles. The fraction of sp³-hybridized carbons (Fsp3) is 0.500. The van der Waals surface area contributed by atoms with Gasteiger partial charge in [-0.05, 0) is 0 Å². The Hall–Kier alpha value is -0.880. The normalized spacial score (nSPS) is 20.2. The highest BCUT2D eigenvalue weighted by Gasteiger charge is 2.22. The molecular weight excluding hydrogens is 238 g/mol. The molecule has 1 saturated heterocycles. The van der Waals surface area contributed by atoms with E-state index in [2.05, 4.69) is 9.97 Å². The van der Waals surface area contributed by atoms with E-state index in [0.717, 1.165) is 0 Å². The number of aromatic nitrogens is 2. The molecule has 0 aromatic carbocycles. The first-order valence-electron chi connectivity index (χ1n) is 4.50. The summed E-state index contributed by atoms with van der Waals surface area (Å²) in [4.78, 5) is 9.86. The molecule has 2 rings (SSSR count). The molecule has 1 fully saturated rings. The monoisotopic (exact) mass is 247 g/mol. The molecule has 1 aliphatic heterocycles. The van der Waals surface area contributed by atoms with Gasteiger partial charge in [-0.2, -0.15) is 0 Å². The second kappa shape index (κ2) is 3.94. The van der Waals surface area contributed by atoms with Crippen LogP contribution in [0.1, 0.15) is 0 Å². The average molecular weight is 248 g/mol. The van der Waals surface area contributed by atoms with Crippen molar-refractivity contribution in [3.63, 3.8) is 0 Å². The summed E-state index contributed by atoms with van der Waals surface area (Å²) in [6, 6.07) is 0. The number of anilines is 1. The summed E-state index contributed by atoms with van der Waals surface area (Å²) in [6.45, 7) is 0.911. The van der Waals surface area contributed by atoms with E-state index in [1.807, 2.05) is 4.90 Å². The summed E-state index contributed by atoms with van der Waals surface area (Å²) in [7, 11) is -2.86. The van der Waals surface area contributed by atoms with Crippen LogP contribution in [-0.4, -0.2) is 43.0 Å². The first-order valence-corrected chi connectivity index (χ1v) is 6.70. The molecule has 0 spiro atoms. The molecule has 0 amide bonds. The van der Waals surface area contributed by atoms with Crippen LogP contribution in [0.2, 0.25) is 5.15 Å². The van der Waals surface area contributed by atoms with Gasteiger partial charge in [-0.1, -0.05) is 11.6 Å². The first-order chi connectivity index (χ1) is 7.07. The number of rotatable bonds is 1. The number of hydrogen-bond donors (Lipinski definition) is 0. The highest BCUT2D eigenvalue weighted by atomic mass is 35.5. The van der Waals surface area contributed by atoms with Gasteiger partial charge in [0.25, 0.3) is 0 Å². The minimum atomic E-state index is -2.86. The maximum absolute atomic E-state index is 11.2. The molecule has 0 N–H and O–H groups in total. The second-order valence-electron chi connectivity index (χ2n) is 3.34. The van der Waals surface area contributed by atoms with Gasteiger partial charge < -0.3 is 4.90 Å². The molecule has 1 aliphatic rings. The van der Waals surface area contributed by atoms with Crippen molar-refractivity contribution in [1.29, 1.82) is 0 Å². The third-order valence-electron chi connectivity index (χ3n) is 2.26. The number of hydrogen-bond acceptors (Lipinski definition) is 5. The summed E-state index contributed by atoms with van der Waals surface area (Å²) < 4.78 is 22.4. The van der Waals surface area contributed by atoms with Crippen molar-refractivity contribution in [2.24, 2.45) is 0 Å². The second-order valence-corrected chi connectivity index (χ2v) is 6.03.